The van der Waals surface area contributed by atoms with Crippen LogP contribution in [0.1, 0.15) is 11.1 Å². The molecule has 1 aliphatic rings. The van der Waals surface area contributed by atoms with Gasteiger partial charge in [-0.3, -0.25) is 4.79 Å². The molecule has 4 rings (SSSR count). The Bertz CT molecular complexity index is 1290. The largest absolute Gasteiger partial charge is 0.486 e. The average molecular weight is 559 g/mol. The van der Waals surface area contributed by atoms with E-state index in [0.29, 0.717) is 52.2 Å². The second-order valence-corrected chi connectivity index (χ2v) is 9.79. The third-order valence-corrected chi connectivity index (χ3v) is 7.10. The molecule has 0 unspecified atom stereocenters. The maximum absolute atomic E-state index is 12.4. The molecule has 1 saturated heterocycles. The van der Waals surface area contributed by atoms with Crippen molar-refractivity contribution in [2.24, 2.45) is 4.99 Å². The molecule has 0 spiro atoms. The number of carbonyl (C=O) groups is 1. The van der Waals surface area contributed by atoms with E-state index in [9.17, 15) is 4.79 Å². The van der Waals surface area contributed by atoms with Gasteiger partial charge in [0, 0.05) is 10.6 Å². The van der Waals surface area contributed by atoms with Crippen molar-refractivity contribution < 1.29 is 9.53 Å². The highest BCUT2D eigenvalue weighted by molar-refractivity contribution is 8.18. The van der Waals surface area contributed by atoms with Crippen molar-refractivity contribution >= 4 is 92.6 Å². The Morgan fingerprint density at radius 3 is 2.33 bits per heavy atom. The van der Waals surface area contributed by atoms with E-state index in [4.69, 9.17) is 62.7 Å². The molecule has 168 valence electrons. The van der Waals surface area contributed by atoms with Crippen molar-refractivity contribution in [2.75, 3.05) is 0 Å². The highest BCUT2D eigenvalue weighted by atomic mass is 35.5. The fourth-order valence-electron chi connectivity index (χ4n) is 2.89. The van der Waals surface area contributed by atoms with Gasteiger partial charge in [-0.2, -0.15) is 0 Å². The number of amidine groups is 1. The molecule has 33 heavy (non-hydrogen) atoms. The summed E-state index contributed by atoms with van der Waals surface area (Å²) in [6, 6.07) is 15.8. The summed E-state index contributed by atoms with van der Waals surface area (Å²) < 4.78 is 5.79. The number of amides is 1. The number of ether oxygens (including phenoxy) is 1. The summed E-state index contributed by atoms with van der Waals surface area (Å²) in [6.45, 7) is 0.212. The molecule has 1 fully saturated rings. The van der Waals surface area contributed by atoms with Crippen LogP contribution in [0.25, 0.3) is 6.08 Å². The minimum absolute atomic E-state index is 0.212. The summed E-state index contributed by atoms with van der Waals surface area (Å²) >= 11 is 32.3. The van der Waals surface area contributed by atoms with Gasteiger partial charge in [-0.1, -0.05) is 82.3 Å². The zero-order valence-corrected chi connectivity index (χ0v) is 21.1. The van der Waals surface area contributed by atoms with E-state index in [1.54, 1.807) is 42.5 Å². The van der Waals surface area contributed by atoms with Crippen molar-refractivity contribution in [2.45, 2.75) is 6.61 Å². The summed E-state index contributed by atoms with van der Waals surface area (Å²) in [7, 11) is 0. The van der Waals surface area contributed by atoms with Crippen LogP contribution in [0, 0.1) is 0 Å². The van der Waals surface area contributed by atoms with Crippen molar-refractivity contribution in [1.82, 2.24) is 5.32 Å². The van der Waals surface area contributed by atoms with Gasteiger partial charge in [-0.05, 0) is 53.7 Å². The Labute approximate surface area is 219 Å². The van der Waals surface area contributed by atoms with Crippen LogP contribution in [0.4, 0.5) is 5.69 Å². The number of halogens is 5. The lowest BCUT2D eigenvalue weighted by molar-refractivity contribution is -0.115. The van der Waals surface area contributed by atoms with Crippen LogP contribution >= 0.6 is 69.8 Å². The lowest BCUT2D eigenvalue weighted by Gasteiger charge is -2.12. The van der Waals surface area contributed by atoms with E-state index >= 15 is 0 Å². The zero-order chi connectivity index (χ0) is 23.5. The van der Waals surface area contributed by atoms with Gasteiger partial charge in [-0.15, -0.1) is 0 Å². The molecule has 1 aliphatic heterocycles. The molecule has 10 heteroatoms. The first-order valence-electron chi connectivity index (χ1n) is 9.40. The fraction of sp³-hybridized carbons (Fsp3) is 0.0435. The van der Waals surface area contributed by atoms with E-state index in [2.05, 4.69) is 10.3 Å². The summed E-state index contributed by atoms with van der Waals surface area (Å²) in [5.41, 5.74) is 1.90. The van der Waals surface area contributed by atoms with E-state index in [0.717, 1.165) is 17.3 Å². The minimum Gasteiger partial charge on any atom is -0.486 e. The Morgan fingerprint density at radius 2 is 1.61 bits per heavy atom. The normalized spacial score (nSPS) is 15.8. The number of nitrogens with zero attached hydrogens (tertiary/aromatic N) is 1. The standard InChI is InChI=1S/C23H13Cl5N2O2S/c24-14-5-2-1-4-13(14)11-32-21-16(26)8-12(9-17(21)27)10-19-22(31)30-23(33-19)29-18-7-3-6-15(25)20(18)28/h1-10H,11H2,(H,29,30,31)/b19-10+. The molecule has 0 aliphatic carbocycles. The zero-order valence-electron chi connectivity index (χ0n) is 16.5. The van der Waals surface area contributed by atoms with Gasteiger partial charge in [0.1, 0.15) is 6.61 Å². The lowest BCUT2D eigenvalue weighted by atomic mass is 10.2. The molecule has 0 aromatic heterocycles. The van der Waals surface area contributed by atoms with E-state index in [1.807, 2.05) is 18.2 Å². The molecular formula is C23H13Cl5N2O2S. The minimum atomic E-state index is -0.303. The van der Waals surface area contributed by atoms with E-state index in [-0.39, 0.29) is 12.5 Å². The highest BCUT2D eigenvalue weighted by Crippen LogP contribution is 2.38. The van der Waals surface area contributed by atoms with Crippen LogP contribution < -0.4 is 10.1 Å². The third kappa shape index (κ3) is 5.80. The summed E-state index contributed by atoms with van der Waals surface area (Å²) in [4.78, 5) is 17.2. The first-order chi connectivity index (χ1) is 15.8. The topological polar surface area (TPSA) is 50.7 Å². The lowest BCUT2D eigenvalue weighted by Crippen LogP contribution is -2.19. The van der Waals surface area contributed by atoms with Crippen LogP contribution in [0.3, 0.4) is 0 Å². The molecule has 0 atom stereocenters. The smallest absolute Gasteiger partial charge is 0.264 e. The van der Waals surface area contributed by atoms with Gasteiger partial charge < -0.3 is 10.1 Å². The van der Waals surface area contributed by atoms with Gasteiger partial charge in [0.05, 0.1) is 30.7 Å². The van der Waals surface area contributed by atoms with Crippen molar-refractivity contribution in [3.63, 3.8) is 0 Å². The van der Waals surface area contributed by atoms with Crippen molar-refractivity contribution in [3.8, 4) is 5.75 Å². The number of nitrogens with one attached hydrogen (secondary N) is 1. The van der Waals surface area contributed by atoms with Gasteiger partial charge >= 0.3 is 0 Å². The predicted molar refractivity (Wildman–Crippen MR) is 140 cm³/mol. The van der Waals surface area contributed by atoms with Gasteiger partial charge in [0.15, 0.2) is 10.9 Å². The molecule has 3 aromatic carbocycles. The van der Waals surface area contributed by atoms with E-state index in [1.165, 1.54) is 0 Å². The fourth-order valence-corrected chi connectivity index (χ4v) is 4.86. The maximum atomic E-state index is 12.4. The first kappa shape index (κ1) is 24.3. The number of rotatable bonds is 5. The van der Waals surface area contributed by atoms with Crippen LogP contribution in [0.5, 0.6) is 5.75 Å². The SMILES string of the molecule is O=C1NC(=Nc2cccc(Cl)c2Cl)S/C1=C/c1cc(Cl)c(OCc2ccccc2Cl)c(Cl)c1. The second-order valence-electron chi connectivity index (χ2n) is 6.75. The third-order valence-electron chi connectivity index (χ3n) is 4.45. The number of thioether (sulfide) groups is 1. The van der Waals surface area contributed by atoms with Crippen molar-refractivity contribution in [1.29, 1.82) is 0 Å². The number of carbonyl (C=O) groups excluding carboxylic acids is 1. The summed E-state index contributed by atoms with van der Waals surface area (Å²) in [5, 5.41) is 4.98. The van der Waals surface area contributed by atoms with Crippen LogP contribution in [0.15, 0.2) is 64.5 Å². The first-order valence-corrected chi connectivity index (χ1v) is 12.1. The molecule has 0 radical (unpaired) electrons. The molecule has 4 nitrogen and oxygen atoms in total. The second kappa shape index (κ2) is 10.6. The average Bonchev–Trinajstić information content (AvgIpc) is 3.10. The highest BCUT2D eigenvalue weighted by Gasteiger charge is 2.24. The Kier molecular flexibility index (Phi) is 7.80. The Morgan fingerprint density at radius 1 is 0.909 bits per heavy atom. The molecular weight excluding hydrogens is 546 g/mol. The molecule has 1 amide bonds. The number of benzene rings is 3. The monoisotopic (exact) mass is 556 g/mol. The predicted octanol–water partition coefficient (Wildman–Crippen LogP) is 8.42. The number of hydrogen-bond donors (Lipinski definition) is 1. The van der Waals surface area contributed by atoms with E-state index < -0.39 is 0 Å². The van der Waals surface area contributed by atoms with Crippen LogP contribution in [-0.2, 0) is 11.4 Å². The van der Waals surface area contributed by atoms with Gasteiger partial charge in [0.2, 0.25) is 0 Å². The quantitative estimate of drug-likeness (QED) is 0.320. The summed E-state index contributed by atoms with van der Waals surface area (Å²) in [6.07, 6.45) is 1.66. The maximum Gasteiger partial charge on any atom is 0.264 e. The van der Waals surface area contributed by atoms with Gasteiger partial charge in [-0.25, -0.2) is 4.99 Å². The molecule has 3 aromatic rings. The molecule has 0 bridgehead atoms. The van der Waals surface area contributed by atoms with Crippen LogP contribution in [-0.4, -0.2) is 11.1 Å². The molecule has 0 saturated carbocycles. The Balaban J connectivity index is 1.53. The van der Waals surface area contributed by atoms with Crippen LogP contribution in [0.2, 0.25) is 25.1 Å². The van der Waals surface area contributed by atoms with Crippen molar-refractivity contribution in [3.05, 3.63) is 95.7 Å². The number of aliphatic imine (C=N–C) groups is 1. The molecule has 1 heterocycles. The number of hydrogen-bond acceptors (Lipinski definition) is 4. The molecule has 1 N–H and O–H groups in total. The summed E-state index contributed by atoms with van der Waals surface area (Å²) in [5.74, 6) is 0.0324. The van der Waals surface area contributed by atoms with Gasteiger partial charge in [0.25, 0.3) is 5.91 Å². The Hall–Kier alpha value is -1.86.